The van der Waals surface area contributed by atoms with Gasteiger partial charge in [0.25, 0.3) is 0 Å². The Kier molecular flexibility index (Phi) is 2.86. The zero-order valence-electron chi connectivity index (χ0n) is 9.65. The fourth-order valence-electron chi connectivity index (χ4n) is 2.68. The highest BCUT2D eigenvalue weighted by molar-refractivity contribution is 5.77. The number of hydrogen-bond acceptors (Lipinski definition) is 3. The van der Waals surface area contributed by atoms with Crippen molar-refractivity contribution in [2.75, 3.05) is 13.1 Å². The first-order valence-electron chi connectivity index (χ1n) is 6.53. The van der Waals surface area contributed by atoms with Gasteiger partial charge in [-0.05, 0) is 38.1 Å². The Morgan fingerprint density at radius 3 is 2.88 bits per heavy atom. The predicted octanol–water partition coefficient (Wildman–Crippen LogP) is 1.07. The van der Waals surface area contributed by atoms with Gasteiger partial charge in [0.1, 0.15) is 0 Å². The van der Waals surface area contributed by atoms with Crippen molar-refractivity contribution in [2.24, 2.45) is 5.92 Å². The minimum Gasteiger partial charge on any atom is -0.312 e. The lowest BCUT2D eigenvalue weighted by atomic mass is 10.1. The Morgan fingerprint density at radius 2 is 2.19 bits per heavy atom. The van der Waals surface area contributed by atoms with Crippen LogP contribution >= 0.6 is 0 Å². The van der Waals surface area contributed by atoms with Gasteiger partial charge >= 0.3 is 0 Å². The zero-order chi connectivity index (χ0) is 11.0. The minimum atomic E-state index is 0.185. The number of carbonyl (C=O) groups excluding carboxylic acids is 1. The summed E-state index contributed by atoms with van der Waals surface area (Å²) in [5.74, 6) is 0.845. The third-order valence-corrected chi connectivity index (χ3v) is 3.86. The molecule has 90 valence electrons. The number of carbonyl (C=O) groups is 1. The molecule has 2 saturated heterocycles. The van der Waals surface area contributed by atoms with E-state index in [9.17, 15) is 4.79 Å². The standard InChI is InChI=1S/C12H20N2O2/c15-12-7-11(9-4-5-9)16-14(12)8-10-3-1-2-6-13-10/h9-11,13H,1-8H2. The molecule has 2 atom stereocenters. The highest BCUT2D eigenvalue weighted by Gasteiger charge is 2.41. The van der Waals surface area contributed by atoms with Crippen molar-refractivity contribution in [3.05, 3.63) is 0 Å². The van der Waals surface area contributed by atoms with Crippen LogP contribution in [0.15, 0.2) is 0 Å². The van der Waals surface area contributed by atoms with Crippen molar-refractivity contribution < 1.29 is 9.63 Å². The second-order valence-corrected chi connectivity index (χ2v) is 5.29. The Labute approximate surface area is 96.3 Å². The van der Waals surface area contributed by atoms with E-state index in [0.717, 1.165) is 13.1 Å². The van der Waals surface area contributed by atoms with E-state index in [4.69, 9.17) is 4.84 Å². The van der Waals surface area contributed by atoms with E-state index < -0.39 is 0 Å². The summed E-state index contributed by atoms with van der Waals surface area (Å²) >= 11 is 0. The predicted molar refractivity (Wildman–Crippen MR) is 59.6 cm³/mol. The lowest BCUT2D eigenvalue weighted by Gasteiger charge is -2.27. The van der Waals surface area contributed by atoms with E-state index in [1.165, 1.54) is 32.1 Å². The van der Waals surface area contributed by atoms with Crippen molar-refractivity contribution in [1.82, 2.24) is 10.4 Å². The van der Waals surface area contributed by atoms with Crippen LogP contribution in [0.25, 0.3) is 0 Å². The first kappa shape index (κ1) is 10.5. The summed E-state index contributed by atoms with van der Waals surface area (Å²) in [4.78, 5) is 17.5. The van der Waals surface area contributed by atoms with Crippen LogP contribution < -0.4 is 5.32 Å². The number of nitrogens with zero attached hydrogens (tertiary/aromatic N) is 1. The van der Waals surface area contributed by atoms with Gasteiger partial charge in [-0.1, -0.05) is 6.42 Å². The first-order valence-corrected chi connectivity index (χ1v) is 6.53. The van der Waals surface area contributed by atoms with Gasteiger partial charge in [0, 0.05) is 6.04 Å². The maximum atomic E-state index is 11.8. The highest BCUT2D eigenvalue weighted by Crippen LogP contribution is 2.38. The first-order chi connectivity index (χ1) is 7.83. The summed E-state index contributed by atoms with van der Waals surface area (Å²) in [5, 5.41) is 5.07. The molecule has 0 aromatic carbocycles. The molecule has 0 radical (unpaired) electrons. The van der Waals surface area contributed by atoms with Gasteiger partial charge < -0.3 is 5.32 Å². The average molecular weight is 224 g/mol. The molecule has 3 rings (SSSR count). The van der Waals surface area contributed by atoms with Crippen molar-refractivity contribution in [1.29, 1.82) is 0 Å². The fraction of sp³-hybridized carbons (Fsp3) is 0.917. The van der Waals surface area contributed by atoms with Gasteiger partial charge in [-0.2, -0.15) is 0 Å². The molecule has 2 aliphatic heterocycles. The molecule has 3 fully saturated rings. The van der Waals surface area contributed by atoms with E-state index in [1.807, 2.05) is 0 Å². The fourth-order valence-corrected chi connectivity index (χ4v) is 2.68. The summed E-state index contributed by atoms with van der Waals surface area (Å²) in [7, 11) is 0. The molecule has 3 aliphatic rings. The second-order valence-electron chi connectivity index (χ2n) is 5.29. The molecule has 16 heavy (non-hydrogen) atoms. The molecule has 2 heterocycles. The average Bonchev–Trinajstić information content (AvgIpc) is 3.07. The summed E-state index contributed by atoms with van der Waals surface area (Å²) in [6, 6.07) is 0.440. The van der Waals surface area contributed by atoms with Crippen LogP contribution in [0.4, 0.5) is 0 Å². The van der Waals surface area contributed by atoms with Gasteiger partial charge in [-0.25, -0.2) is 5.06 Å². The number of hydrogen-bond donors (Lipinski definition) is 1. The number of nitrogens with one attached hydrogen (secondary N) is 1. The van der Waals surface area contributed by atoms with Gasteiger partial charge in [0.15, 0.2) is 0 Å². The van der Waals surface area contributed by atoms with Crippen molar-refractivity contribution in [3.8, 4) is 0 Å². The highest BCUT2D eigenvalue weighted by atomic mass is 16.7. The molecular formula is C12H20N2O2. The zero-order valence-corrected chi connectivity index (χ0v) is 9.65. The lowest BCUT2D eigenvalue weighted by molar-refractivity contribution is -0.177. The molecule has 1 saturated carbocycles. The van der Waals surface area contributed by atoms with E-state index in [0.29, 0.717) is 18.4 Å². The third-order valence-electron chi connectivity index (χ3n) is 3.86. The number of piperidine rings is 1. The van der Waals surface area contributed by atoms with Crippen molar-refractivity contribution >= 4 is 5.91 Å². The lowest BCUT2D eigenvalue weighted by Crippen LogP contribution is -2.43. The van der Waals surface area contributed by atoms with E-state index >= 15 is 0 Å². The molecule has 1 N–H and O–H groups in total. The molecular weight excluding hydrogens is 204 g/mol. The summed E-state index contributed by atoms with van der Waals surface area (Å²) in [6.45, 7) is 1.82. The Balaban J connectivity index is 1.51. The molecule has 0 bridgehead atoms. The molecule has 1 amide bonds. The van der Waals surface area contributed by atoms with Gasteiger partial charge in [-0.15, -0.1) is 0 Å². The van der Waals surface area contributed by atoms with Crippen LogP contribution in [0.1, 0.15) is 38.5 Å². The van der Waals surface area contributed by atoms with Crippen LogP contribution in [0, 0.1) is 5.92 Å². The second kappa shape index (κ2) is 4.34. The van der Waals surface area contributed by atoms with Crippen molar-refractivity contribution in [2.45, 2.75) is 50.7 Å². The Hall–Kier alpha value is -0.610. The van der Waals surface area contributed by atoms with Crippen LogP contribution in [-0.4, -0.2) is 36.2 Å². The topological polar surface area (TPSA) is 41.6 Å². The van der Waals surface area contributed by atoms with Crippen LogP contribution in [0.2, 0.25) is 0 Å². The van der Waals surface area contributed by atoms with Gasteiger partial charge in [0.05, 0.1) is 19.1 Å². The van der Waals surface area contributed by atoms with Gasteiger partial charge in [-0.3, -0.25) is 9.63 Å². The number of rotatable bonds is 3. The largest absolute Gasteiger partial charge is 0.312 e. The Morgan fingerprint density at radius 1 is 1.31 bits per heavy atom. The SMILES string of the molecule is O=C1CC(C2CC2)ON1CC1CCCCN1. The smallest absolute Gasteiger partial charge is 0.248 e. The molecule has 0 spiro atoms. The summed E-state index contributed by atoms with van der Waals surface area (Å²) in [5.41, 5.74) is 0. The van der Waals surface area contributed by atoms with Gasteiger partial charge in [0.2, 0.25) is 5.91 Å². The molecule has 0 aromatic rings. The third kappa shape index (κ3) is 2.23. The maximum Gasteiger partial charge on any atom is 0.248 e. The number of amides is 1. The monoisotopic (exact) mass is 224 g/mol. The Bertz CT molecular complexity index is 272. The van der Waals surface area contributed by atoms with E-state index in [1.54, 1.807) is 5.06 Å². The van der Waals surface area contributed by atoms with Crippen LogP contribution in [0.5, 0.6) is 0 Å². The van der Waals surface area contributed by atoms with Crippen LogP contribution in [-0.2, 0) is 9.63 Å². The minimum absolute atomic E-state index is 0.185. The molecule has 0 aromatic heterocycles. The van der Waals surface area contributed by atoms with E-state index in [-0.39, 0.29) is 12.0 Å². The van der Waals surface area contributed by atoms with Crippen molar-refractivity contribution in [3.63, 3.8) is 0 Å². The summed E-state index contributed by atoms with van der Waals surface area (Å²) < 4.78 is 0. The maximum absolute atomic E-state index is 11.8. The molecule has 4 nitrogen and oxygen atoms in total. The summed E-state index contributed by atoms with van der Waals surface area (Å²) in [6.07, 6.45) is 6.98. The number of hydroxylamine groups is 2. The molecule has 4 heteroatoms. The molecule has 1 aliphatic carbocycles. The normalized spacial score (nSPS) is 35.8. The van der Waals surface area contributed by atoms with Crippen LogP contribution in [0.3, 0.4) is 0 Å². The quantitative estimate of drug-likeness (QED) is 0.779. The molecule has 2 unspecified atom stereocenters. The van der Waals surface area contributed by atoms with E-state index in [2.05, 4.69) is 5.32 Å².